The summed E-state index contributed by atoms with van der Waals surface area (Å²) in [5.74, 6) is 0.557. The number of benzene rings is 2. The number of carbonyl (C=O) groups excluding carboxylic acids is 1. The van der Waals surface area contributed by atoms with Crippen LogP contribution in [0.4, 0.5) is 0 Å². The number of nitrogens with one attached hydrogen (secondary N) is 1. The molecule has 2 bridgehead atoms. The molecule has 28 heavy (non-hydrogen) atoms. The molecule has 0 saturated carbocycles. The summed E-state index contributed by atoms with van der Waals surface area (Å²) in [5.41, 5.74) is 0.638. The summed E-state index contributed by atoms with van der Waals surface area (Å²) in [5, 5.41) is 8.38. The fourth-order valence-corrected chi connectivity index (χ4v) is 5.42. The first-order valence-corrected chi connectivity index (χ1v) is 11.7. The Bertz CT molecular complexity index is 968. The van der Waals surface area contributed by atoms with Gasteiger partial charge in [0.1, 0.15) is 0 Å². The Labute approximate surface area is 169 Å². The van der Waals surface area contributed by atoms with Crippen molar-refractivity contribution < 1.29 is 13.2 Å². The summed E-state index contributed by atoms with van der Waals surface area (Å²) in [6, 6.07) is 14.1. The molecule has 3 heterocycles. The highest BCUT2D eigenvalue weighted by Crippen LogP contribution is 2.30. The topological polar surface area (TPSA) is 92.5 Å². The van der Waals surface area contributed by atoms with Crippen molar-refractivity contribution in [3.63, 3.8) is 0 Å². The Morgan fingerprint density at radius 1 is 1.07 bits per heavy atom. The van der Waals surface area contributed by atoms with Crippen LogP contribution < -0.4 is 10.5 Å². The van der Waals surface area contributed by atoms with E-state index in [1.165, 1.54) is 17.8 Å². The second kappa shape index (κ2) is 7.87. The molecule has 1 amide bonds. The number of amides is 1. The van der Waals surface area contributed by atoms with E-state index < -0.39 is 10.0 Å². The lowest BCUT2D eigenvalue weighted by Crippen LogP contribution is -2.57. The van der Waals surface area contributed by atoms with Crippen molar-refractivity contribution in [2.75, 3.05) is 19.6 Å². The molecule has 0 aliphatic carbocycles. The summed E-state index contributed by atoms with van der Waals surface area (Å²) >= 11 is 1.43. The third kappa shape index (κ3) is 4.41. The van der Waals surface area contributed by atoms with Crippen LogP contribution in [-0.2, 0) is 10.0 Å². The predicted molar refractivity (Wildman–Crippen MR) is 109 cm³/mol. The average Bonchev–Trinajstić information content (AvgIpc) is 2.69. The Hall–Kier alpha value is -1.87. The number of sulfonamides is 1. The van der Waals surface area contributed by atoms with Crippen LogP contribution >= 0.6 is 11.8 Å². The summed E-state index contributed by atoms with van der Waals surface area (Å²) in [6.45, 7) is 3.25. The number of rotatable bonds is 5. The minimum absolute atomic E-state index is 0.0356. The van der Waals surface area contributed by atoms with Crippen LogP contribution in [0, 0.1) is 5.92 Å². The SMILES string of the molecule is NS(=O)(=O)c1cccc(Sc2ccc(C(=O)N[C@H]3CN4CCC3CC4)cc2)c1. The molecule has 0 aromatic heterocycles. The number of carbonyl (C=O) groups is 1. The van der Waals surface area contributed by atoms with Gasteiger partial charge in [-0.2, -0.15) is 0 Å². The molecule has 3 fully saturated rings. The van der Waals surface area contributed by atoms with Gasteiger partial charge in [-0.3, -0.25) is 4.79 Å². The van der Waals surface area contributed by atoms with E-state index in [-0.39, 0.29) is 16.8 Å². The fourth-order valence-electron chi connectivity index (χ4n) is 3.91. The van der Waals surface area contributed by atoms with Crippen LogP contribution in [0.15, 0.2) is 63.2 Å². The van der Waals surface area contributed by atoms with E-state index in [9.17, 15) is 13.2 Å². The molecule has 0 unspecified atom stereocenters. The van der Waals surface area contributed by atoms with Crippen molar-refractivity contribution in [2.45, 2.75) is 33.6 Å². The van der Waals surface area contributed by atoms with Crippen LogP contribution in [0.3, 0.4) is 0 Å². The maximum Gasteiger partial charge on any atom is 0.251 e. The number of piperidine rings is 3. The molecular formula is C20H23N3O3S2. The lowest BCUT2D eigenvalue weighted by Gasteiger charge is -2.44. The van der Waals surface area contributed by atoms with E-state index in [4.69, 9.17) is 5.14 Å². The molecule has 2 aromatic carbocycles. The van der Waals surface area contributed by atoms with Gasteiger partial charge in [0.2, 0.25) is 10.0 Å². The van der Waals surface area contributed by atoms with Gasteiger partial charge in [-0.05, 0) is 74.3 Å². The number of fused-ring (bicyclic) bond motifs is 3. The van der Waals surface area contributed by atoms with Gasteiger partial charge in [-0.25, -0.2) is 13.6 Å². The van der Waals surface area contributed by atoms with Crippen molar-refractivity contribution in [1.82, 2.24) is 10.2 Å². The summed E-state index contributed by atoms with van der Waals surface area (Å²) in [6.07, 6.45) is 2.33. The van der Waals surface area contributed by atoms with Gasteiger partial charge in [0.25, 0.3) is 5.91 Å². The molecule has 8 heteroatoms. The zero-order valence-corrected chi connectivity index (χ0v) is 17.0. The summed E-state index contributed by atoms with van der Waals surface area (Å²) < 4.78 is 23.0. The van der Waals surface area contributed by atoms with Gasteiger partial charge in [0, 0.05) is 27.9 Å². The number of primary sulfonamides is 1. The van der Waals surface area contributed by atoms with Crippen LogP contribution in [0.25, 0.3) is 0 Å². The van der Waals surface area contributed by atoms with Gasteiger partial charge in [0.15, 0.2) is 0 Å². The molecule has 6 nitrogen and oxygen atoms in total. The Morgan fingerprint density at radius 3 is 2.39 bits per heavy atom. The van der Waals surface area contributed by atoms with E-state index in [0.29, 0.717) is 11.5 Å². The molecule has 3 aliphatic heterocycles. The lowest BCUT2D eigenvalue weighted by atomic mass is 9.84. The first-order valence-electron chi connectivity index (χ1n) is 9.32. The molecule has 0 spiro atoms. The van der Waals surface area contributed by atoms with Crippen molar-refractivity contribution in [1.29, 1.82) is 0 Å². The molecule has 5 rings (SSSR count). The van der Waals surface area contributed by atoms with Crippen molar-refractivity contribution in [3.8, 4) is 0 Å². The largest absolute Gasteiger partial charge is 0.348 e. The minimum atomic E-state index is -3.72. The number of hydrogen-bond donors (Lipinski definition) is 2. The summed E-state index contributed by atoms with van der Waals surface area (Å²) in [7, 11) is -3.72. The highest BCUT2D eigenvalue weighted by atomic mass is 32.2. The molecular weight excluding hydrogens is 394 g/mol. The zero-order chi connectivity index (χ0) is 19.7. The summed E-state index contributed by atoms with van der Waals surface area (Å²) in [4.78, 5) is 16.8. The molecule has 148 valence electrons. The van der Waals surface area contributed by atoms with E-state index in [0.717, 1.165) is 42.3 Å². The van der Waals surface area contributed by atoms with E-state index in [2.05, 4.69) is 10.2 Å². The van der Waals surface area contributed by atoms with Crippen LogP contribution in [-0.4, -0.2) is 44.9 Å². The van der Waals surface area contributed by atoms with E-state index in [1.54, 1.807) is 12.1 Å². The predicted octanol–water partition coefficient (Wildman–Crippen LogP) is 2.31. The number of nitrogens with two attached hydrogens (primary N) is 1. The van der Waals surface area contributed by atoms with Gasteiger partial charge in [-0.1, -0.05) is 17.8 Å². The third-order valence-electron chi connectivity index (χ3n) is 5.46. The Morgan fingerprint density at radius 2 is 1.79 bits per heavy atom. The number of hydrogen-bond acceptors (Lipinski definition) is 5. The monoisotopic (exact) mass is 417 g/mol. The van der Waals surface area contributed by atoms with Crippen molar-refractivity contribution >= 4 is 27.7 Å². The first-order chi connectivity index (χ1) is 13.4. The maximum atomic E-state index is 12.6. The quantitative estimate of drug-likeness (QED) is 0.779. The van der Waals surface area contributed by atoms with Gasteiger partial charge in [0.05, 0.1) is 4.90 Å². The second-order valence-corrected chi connectivity index (χ2v) is 10.1. The van der Waals surface area contributed by atoms with Crippen molar-refractivity contribution in [2.24, 2.45) is 11.1 Å². The highest BCUT2D eigenvalue weighted by molar-refractivity contribution is 7.99. The molecule has 3 saturated heterocycles. The standard InChI is InChI=1S/C20H23N3O3S2/c21-28(25,26)18-3-1-2-17(12-18)27-16-6-4-15(5-7-16)20(24)22-19-13-23-10-8-14(19)9-11-23/h1-7,12,14,19H,8-11,13H2,(H,22,24)(H2,21,25,26)/t19-/m0/s1. The number of nitrogens with zero attached hydrogens (tertiary/aromatic N) is 1. The third-order valence-corrected chi connectivity index (χ3v) is 7.37. The highest BCUT2D eigenvalue weighted by Gasteiger charge is 2.34. The smallest absolute Gasteiger partial charge is 0.251 e. The van der Waals surface area contributed by atoms with Crippen LogP contribution in [0.2, 0.25) is 0 Å². The van der Waals surface area contributed by atoms with Crippen LogP contribution in [0.5, 0.6) is 0 Å². The molecule has 0 radical (unpaired) electrons. The van der Waals surface area contributed by atoms with Gasteiger partial charge in [-0.15, -0.1) is 0 Å². The zero-order valence-electron chi connectivity index (χ0n) is 15.4. The van der Waals surface area contributed by atoms with Gasteiger partial charge < -0.3 is 10.2 Å². The molecule has 3 N–H and O–H groups in total. The van der Waals surface area contributed by atoms with Gasteiger partial charge >= 0.3 is 0 Å². The Kier molecular flexibility index (Phi) is 5.46. The van der Waals surface area contributed by atoms with E-state index >= 15 is 0 Å². The average molecular weight is 418 g/mol. The fraction of sp³-hybridized carbons (Fsp3) is 0.350. The maximum absolute atomic E-state index is 12.6. The van der Waals surface area contributed by atoms with Crippen LogP contribution in [0.1, 0.15) is 23.2 Å². The minimum Gasteiger partial charge on any atom is -0.348 e. The second-order valence-electron chi connectivity index (χ2n) is 7.36. The molecule has 3 aliphatic rings. The molecule has 1 atom stereocenters. The van der Waals surface area contributed by atoms with E-state index in [1.807, 2.05) is 30.3 Å². The molecule has 2 aromatic rings. The first kappa shape index (κ1) is 19.4. The van der Waals surface area contributed by atoms with Crippen molar-refractivity contribution in [3.05, 3.63) is 54.1 Å². The normalized spacial score (nSPS) is 24.1. The lowest BCUT2D eigenvalue weighted by molar-refractivity contribution is 0.0620. The Balaban J connectivity index is 1.40.